The Morgan fingerprint density at radius 1 is 1.33 bits per heavy atom. The van der Waals surface area contributed by atoms with Crippen LogP contribution in [-0.2, 0) is 6.54 Å². The van der Waals surface area contributed by atoms with E-state index >= 15 is 0 Å². The largest absolute Gasteiger partial charge is 0.386 e. The monoisotopic (exact) mass is 202 g/mol. The van der Waals surface area contributed by atoms with Crippen molar-refractivity contribution in [2.75, 3.05) is 0 Å². The molecule has 0 aliphatic rings. The lowest BCUT2D eigenvalue weighted by molar-refractivity contribution is 0.595. The fourth-order valence-electron chi connectivity index (χ4n) is 1.17. The Morgan fingerprint density at radius 3 is 2.73 bits per heavy atom. The van der Waals surface area contributed by atoms with E-state index in [0.29, 0.717) is 5.82 Å². The first-order valence-electron chi connectivity index (χ1n) is 4.42. The standard InChI is InChI=1S/C9H10N6/c10-8(11)6-15-13-9(12-14-15)7-4-2-1-3-5-7/h1-5H,6H2,(H3,10,11). The summed E-state index contributed by atoms with van der Waals surface area (Å²) in [6.07, 6.45) is 0. The van der Waals surface area contributed by atoms with Crippen LogP contribution in [0.4, 0.5) is 0 Å². The lowest BCUT2D eigenvalue weighted by Gasteiger charge is -1.94. The summed E-state index contributed by atoms with van der Waals surface area (Å²) in [6, 6.07) is 9.52. The third-order valence-corrected chi connectivity index (χ3v) is 1.80. The van der Waals surface area contributed by atoms with Crippen molar-refractivity contribution in [2.24, 2.45) is 5.73 Å². The van der Waals surface area contributed by atoms with Crippen molar-refractivity contribution in [1.29, 1.82) is 5.41 Å². The van der Waals surface area contributed by atoms with Gasteiger partial charge in [0.2, 0.25) is 5.82 Å². The number of hydrogen-bond acceptors (Lipinski definition) is 4. The molecule has 1 heterocycles. The van der Waals surface area contributed by atoms with Crippen LogP contribution in [0.1, 0.15) is 0 Å². The quantitative estimate of drug-likeness (QED) is 0.552. The lowest BCUT2D eigenvalue weighted by Crippen LogP contribution is -2.19. The average molecular weight is 202 g/mol. The van der Waals surface area contributed by atoms with E-state index < -0.39 is 0 Å². The zero-order chi connectivity index (χ0) is 10.7. The molecule has 0 unspecified atom stereocenters. The van der Waals surface area contributed by atoms with Crippen molar-refractivity contribution < 1.29 is 0 Å². The van der Waals surface area contributed by atoms with E-state index in [0.717, 1.165) is 5.56 Å². The van der Waals surface area contributed by atoms with Crippen LogP contribution < -0.4 is 5.73 Å². The molecule has 0 atom stereocenters. The molecular weight excluding hydrogens is 192 g/mol. The molecule has 2 aromatic rings. The lowest BCUT2D eigenvalue weighted by atomic mass is 10.2. The predicted octanol–water partition coefficient (Wildman–Crippen LogP) is 0.276. The minimum absolute atomic E-state index is 0.00649. The highest BCUT2D eigenvalue weighted by Crippen LogP contribution is 2.11. The maximum Gasteiger partial charge on any atom is 0.204 e. The fourth-order valence-corrected chi connectivity index (χ4v) is 1.17. The smallest absolute Gasteiger partial charge is 0.204 e. The molecule has 3 N–H and O–H groups in total. The summed E-state index contributed by atoms with van der Waals surface area (Å²) >= 11 is 0. The average Bonchev–Trinajstić information content (AvgIpc) is 2.67. The highest BCUT2D eigenvalue weighted by Gasteiger charge is 2.04. The number of rotatable bonds is 3. The van der Waals surface area contributed by atoms with Crippen LogP contribution >= 0.6 is 0 Å². The Balaban J connectivity index is 2.24. The minimum Gasteiger partial charge on any atom is -0.386 e. The summed E-state index contributed by atoms with van der Waals surface area (Å²) in [5, 5.41) is 18.8. The number of nitrogens with zero attached hydrogens (tertiary/aromatic N) is 4. The Hall–Kier alpha value is -2.24. The molecule has 0 aliphatic carbocycles. The highest BCUT2D eigenvalue weighted by atomic mass is 15.6. The maximum absolute atomic E-state index is 7.09. The molecule has 0 radical (unpaired) electrons. The Kier molecular flexibility index (Phi) is 2.40. The van der Waals surface area contributed by atoms with Crippen LogP contribution in [0.3, 0.4) is 0 Å². The van der Waals surface area contributed by atoms with Crippen LogP contribution in [-0.4, -0.2) is 26.0 Å². The van der Waals surface area contributed by atoms with E-state index in [1.54, 1.807) is 0 Å². The van der Waals surface area contributed by atoms with E-state index in [4.69, 9.17) is 11.1 Å². The van der Waals surface area contributed by atoms with Gasteiger partial charge in [0.1, 0.15) is 12.4 Å². The Bertz CT molecular complexity index is 460. The van der Waals surface area contributed by atoms with Crippen LogP contribution in [0, 0.1) is 5.41 Å². The van der Waals surface area contributed by atoms with E-state index in [9.17, 15) is 0 Å². The van der Waals surface area contributed by atoms with Crippen LogP contribution in [0.5, 0.6) is 0 Å². The number of amidine groups is 1. The molecular formula is C9H10N6. The summed E-state index contributed by atoms with van der Waals surface area (Å²) in [5.74, 6) is 0.545. The molecule has 15 heavy (non-hydrogen) atoms. The molecule has 0 saturated carbocycles. The van der Waals surface area contributed by atoms with Gasteiger partial charge in [-0.25, -0.2) is 0 Å². The molecule has 0 saturated heterocycles. The first kappa shape index (κ1) is 9.32. The molecule has 1 aromatic heterocycles. The van der Waals surface area contributed by atoms with Gasteiger partial charge in [0, 0.05) is 5.56 Å². The van der Waals surface area contributed by atoms with Gasteiger partial charge in [-0.2, -0.15) is 4.80 Å². The fraction of sp³-hybridized carbons (Fsp3) is 0.111. The second-order valence-corrected chi connectivity index (χ2v) is 3.03. The van der Waals surface area contributed by atoms with Crippen molar-refractivity contribution >= 4 is 5.84 Å². The topological polar surface area (TPSA) is 93.5 Å². The van der Waals surface area contributed by atoms with Crippen LogP contribution in [0.15, 0.2) is 30.3 Å². The van der Waals surface area contributed by atoms with Crippen molar-refractivity contribution in [1.82, 2.24) is 20.2 Å². The van der Waals surface area contributed by atoms with Crippen molar-refractivity contribution in [3.05, 3.63) is 30.3 Å². The number of nitrogens with two attached hydrogens (primary N) is 1. The van der Waals surface area contributed by atoms with Gasteiger partial charge in [-0.15, -0.1) is 10.2 Å². The number of nitrogens with one attached hydrogen (secondary N) is 1. The van der Waals surface area contributed by atoms with Gasteiger partial charge in [-0.1, -0.05) is 30.3 Å². The van der Waals surface area contributed by atoms with Gasteiger partial charge in [0.05, 0.1) is 0 Å². The zero-order valence-electron chi connectivity index (χ0n) is 7.96. The van der Waals surface area contributed by atoms with Crippen LogP contribution in [0.25, 0.3) is 11.4 Å². The maximum atomic E-state index is 7.09. The molecule has 76 valence electrons. The number of aromatic nitrogens is 4. The molecule has 2 rings (SSSR count). The number of tetrazole rings is 1. The highest BCUT2D eigenvalue weighted by molar-refractivity contribution is 5.76. The van der Waals surface area contributed by atoms with Gasteiger partial charge in [-0.05, 0) is 5.21 Å². The SMILES string of the molecule is N=C(N)Cn1nnc(-c2ccccc2)n1. The van der Waals surface area contributed by atoms with Gasteiger partial charge < -0.3 is 5.73 Å². The van der Waals surface area contributed by atoms with E-state index in [1.807, 2.05) is 30.3 Å². The van der Waals surface area contributed by atoms with E-state index in [-0.39, 0.29) is 12.4 Å². The van der Waals surface area contributed by atoms with Gasteiger partial charge in [0.15, 0.2) is 0 Å². The summed E-state index contributed by atoms with van der Waals surface area (Å²) < 4.78 is 0. The number of benzene rings is 1. The molecule has 6 nitrogen and oxygen atoms in total. The van der Waals surface area contributed by atoms with Gasteiger partial charge >= 0.3 is 0 Å². The Labute approximate surface area is 86.2 Å². The summed E-state index contributed by atoms with van der Waals surface area (Å²) in [6.45, 7) is 0.167. The van der Waals surface area contributed by atoms with Gasteiger partial charge in [0.25, 0.3) is 0 Å². The normalized spacial score (nSPS) is 10.1. The van der Waals surface area contributed by atoms with E-state index in [1.165, 1.54) is 4.80 Å². The second-order valence-electron chi connectivity index (χ2n) is 3.03. The van der Waals surface area contributed by atoms with Crippen molar-refractivity contribution in [3.8, 4) is 11.4 Å². The molecule has 6 heteroatoms. The Morgan fingerprint density at radius 2 is 2.07 bits per heavy atom. The molecule has 1 aromatic carbocycles. The molecule has 0 bridgehead atoms. The predicted molar refractivity (Wildman–Crippen MR) is 55.2 cm³/mol. The van der Waals surface area contributed by atoms with E-state index in [2.05, 4.69) is 15.4 Å². The van der Waals surface area contributed by atoms with Crippen molar-refractivity contribution in [2.45, 2.75) is 6.54 Å². The molecule has 0 amide bonds. The molecule has 0 spiro atoms. The summed E-state index contributed by atoms with van der Waals surface area (Å²) in [7, 11) is 0. The second kappa shape index (κ2) is 3.87. The third-order valence-electron chi connectivity index (χ3n) is 1.80. The molecule has 0 fully saturated rings. The van der Waals surface area contributed by atoms with Crippen LogP contribution in [0.2, 0.25) is 0 Å². The summed E-state index contributed by atoms with van der Waals surface area (Å²) in [5.41, 5.74) is 6.12. The minimum atomic E-state index is 0.00649. The zero-order valence-corrected chi connectivity index (χ0v) is 7.96. The first-order valence-corrected chi connectivity index (χ1v) is 4.42. The molecule has 0 aliphatic heterocycles. The number of hydrogen-bond donors (Lipinski definition) is 2. The summed E-state index contributed by atoms with van der Waals surface area (Å²) in [4.78, 5) is 1.30. The third kappa shape index (κ3) is 2.16. The first-order chi connectivity index (χ1) is 7.25. The van der Waals surface area contributed by atoms with Gasteiger partial charge in [-0.3, -0.25) is 5.41 Å². The van der Waals surface area contributed by atoms with Crippen molar-refractivity contribution in [3.63, 3.8) is 0 Å².